The molecular weight excluding hydrogens is 350 g/mol. The molecule has 3 heterocycles. The number of rotatable bonds is 3. The van der Waals surface area contributed by atoms with Crippen molar-refractivity contribution < 1.29 is 4.79 Å². The molecule has 0 fully saturated rings. The number of nitrogens with zero attached hydrogens (tertiary/aromatic N) is 4. The van der Waals surface area contributed by atoms with Crippen LogP contribution in [0.3, 0.4) is 0 Å². The summed E-state index contributed by atoms with van der Waals surface area (Å²) in [4.78, 5) is 18.9. The molecule has 1 aliphatic heterocycles. The molecule has 0 spiro atoms. The van der Waals surface area contributed by atoms with Crippen LogP contribution in [-0.4, -0.2) is 32.2 Å². The monoisotopic (exact) mass is 375 g/mol. The van der Waals surface area contributed by atoms with E-state index in [0.29, 0.717) is 6.54 Å². The standard InChI is InChI=1S/C22H25N5O/c1-3-16-8-10-18(11-9-16)24-22(28)27-13-5-7-19-20(15-27)26(2)25-21(19)17-6-4-12-23-14-17/h4,6,8-12,14H,3,5,7,13,15H2,1-2H3,(H,24,28). The second-order valence-corrected chi connectivity index (χ2v) is 7.14. The summed E-state index contributed by atoms with van der Waals surface area (Å²) in [7, 11) is 1.95. The van der Waals surface area contributed by atoms with E-state index in [1.807, 2.05) is 47.1 Å². The Kier molecular flexibility index (Phi) is 5.10. The first-order valence-electron chi connectivity index (χ1n) is 9.75. The van der Waals surface area contributed by atoms with Crippen LogP contribution in [0.5, 0.6) is 0 Å². The van der Waals surface area contributed by atoms with Crippen molar-refractivity contribution in [1.29, 1.82) is 0 Å². The second kappa shape index (κ2) is 7.84. The normalized spacial score (nSPS) is 13.7. The van der Waals surface area contributed by atoms with E-state index in [-0.39, 0.29) is 6.03 Å². The third-order valence-corrected chi connectivity index (χ3v) is 5.31. The highest BCUT2D eigenvalue weighted by atomic mass is 16.2. The summed E-state index contributed by atoms with van der Waals surface area (Å²) in [6.45, 7) is 3.40. The average molecular weight is 375 g/mol. The number of urea groups is 1. The maximum absolute atomic E-state index is 12.8. The van der Waals surface area contributed by atoms with Gasteiger partial charge in [-0.05, 0) is 49.1 Å². The molecule has 2 aromatic heterocycles. The lowest BCUT2D eigenvalue weighted by atomic mass is 10.0. The molecule has 0 unspecified atom stereocenters. The van der Waals surface area contributed by atoms with Gasteiger partial charge in [-0.1, -0.05) is 19.1 Å². The van der Waals surface area contributed by atoms with E-state index in [1.54, 1.807) is 6.20 Å². The third-order valence-electron chi connectivity index (χ3n) is 5.31. The lowest BCUT2D eigenvalue weighted by Crippen LogP contribution is -2.35. The number of fused-ring (bicyclic) bond motifs is 1. The molecule has 2 amide bonds. The Labute approximate surface area is 165 Å². The SMILES string of the molecule is CCc1ccc(NC(=O)N2CCCc3c(-c4cccnc4)nn(C)c3C2)cc1. The maximum atomic E-state index is 12.8. The first-order chi connectivity index (χ1) is 13.7. The Morgan fingerprint density at radius 3 is 2.75 bits per heavy atom. The molecule has 144 valence electrons. The van der Waals surface area contributed by atoms with Gasteiger partial charge in [0.15, 0.2) is 0 Å². The number of hydrogen-bond donors (Lipinski definition) is 1. The van der Waals surface area contributed by atoms with Gasteiger partial charge in [-0.25, -0.2) is 4.79 Å². The van der Waals surface area contributed by atoms with E-state index < -0.39 is 0 Å². The highest BCUT2D eigenvalue weighted by Gasteiger charge is 2.25. The van der Waals surface area contributed by atoms with E-state index >= 15 is 0 Å². The van der Waals surface area contributed by atoms with Gasteiger partial charge >= 0.3 is 6.03 Å². The molecule has 0 bridgehead atoms. The van der Waals surface area contributed by atoms with Crippen LogP contribution < -0.4 is 5.32 Å². The van der Waals surface area contributed by atoms with Gasteiger partial charge in [-0.15, -0.1) is 0 Å². The summed E-state index contributed by atoms with van der Waals surface area (Å²) >= 11 is 0. The molecule has 1 aliphatic rings. The first kappa shape index (κ1) is 18.2. The number of nitrogens with one attached hydrogen (secondary N) is 1. The van der Waals surface area contributed by atoms with Gasteiger partial charge in [0.25, 0.3) is 0 Å². The quantitative estimate of drug-likeness (QED) is 0.752. The molecule has 0 saturated heterocycles. The van der Waals surface area contributed by atoms with Gasteiger partial charge in [-0.2, -0.15) is 5.10 Å². The van der Waals surface area contributed by atoms with Crippen LogP contribution >= 0.6 is 0 Å². The van der Waals surface area contributed by atoms with Gasteiger partial charge in [0.1, 0.15) is 0 Å². The minimum atomic E-state index is -0.0683. The Morgan fingerprint density at radius 1 is 1.21 bits per heavy atom. The van der Waals surface area contributed by atoms with E-state index in [1.165, 1.54) is 11.1 Å². The third kappa shape index (κ3) is 3.63. The Morgan fingerprint density at radius 2 is 2.04 bits per heavy atom. The van der Waals surface area contributed by atoms with Crippen molar-refractivity contribution in [2.75, 3.05) is 11.9 Å². The van der Waals surface area contributed by atoms with Crippen molar-refractivity contribution in [3.8, 4) is 11.3 Å². The highest BCUT2D eigenvalue weighted by Crippen LogP contribution is 2.29. The van der Waals surface area contributed by atoms with Gasteiger partial charge in [0, 0.05) is 42.8 Å². The molecule has 0 radical (unpaired) electrons. The van der Waals surface area contributed by atoms with Crippen LogP contribution in [0.25, 0.3) is 11.3 Å². The Hall–Kier alpha value is -3.15. The molecule has 28 heavy (non-hydrogen) atoms. The minimum absolute atomic E-state index is 0.0683. The second-order valence-electron chi connectivity index (χ2n) is 7.14. The van der Waals surface area contributed by atoms with Gasteiger partial charge in [0.2, 0.25) is 0 Å². The zero-order valence-corrected chi connectivity index (χ0v) is 16.4. The fourth-order valence-electron chi connectivity index (χ4n) is 3.70. The number of carbonyl (C=O) groups excluding carboxylic acids is 1. The molecule has 0 aliphatic carbocycles. The van der Waals surface area contributed by atoms with E-state index in [4.69, 9.17) is 5.10 Å². The van der Waals surface area contributed by atoms with Gasteiger partial charge in [-0.3, -0.25) is 9.67 Å². The summed E-state index contributed by atoms with van der Waals surface area (Å²) in [5, 5.41) is 7.75. The number of benzene rings is 1. The molecule has 6 nitrogen and oxygen atoms in total. The van der Waals surface area contributed by atoms with Gasteiger partial charge in [0.05, 0.1) is 17.9 Å². The fourth-order valence-corrected chi connectivity index (χ4v) is 3.70. The van der Waals surface area contributed by atoms with Crippen LogP contribution in [0.2, 0.25) is 0 Å². The van der Waals surface area contributed by atoms with Crippen molar-refractivity contribution >= 4 is 11.7 Å². The lowest BCUT2D eigenvalue weighted by molar-refractivity contribution is 0.208. The van der Waals surface area contributed by atoms with Crippen LogP contribution in [0, 0.1) is 0 Å². The maximum Gasteiger partial charge on any atom is 0.322 e. The van der Waals surface area contributed by atoms with Crippen molar-refractivity contribution in [3.63, 3.8) is 0 Å². The number of aryl methyl sites for hydroxylation is 2. The number of hydrogen-bond acceptors (Lipinski definition) is 3. The largest absolute Gasteiger partial charge is 0.322 e. The summed E-state index contributed by atoms with van der Waals surface area (Å²) in [6, 6.07) is 11.9. The Balaban J connectivity index is 1.54. The molecule has 6 heteroatoms. The van der Waals surface area contributed by atoms with Crippen LogP contribution in [-0.2, 0) is 26.4 Å². The average Bonchev–Trinajstić information content (AvgIpc) is 2.90. The van der Waals surface area contributed by atoms with Crippen molar-refractivity contribution in [2.24, 2.45) is 7.05 Å². The van der Waals surface area contributed by atoms with Crippen LogP contribution in [0.1, 0.15) is 30.2 Å². The van der Waals surface area contributed by atoms with Crippen molar-refractivity contribution in [3.05, 3.63) is 65.6 Å². The van der Waals surface area contributed by atoms with Crippen molar-refractivity contribution in [2.45, 2.75) is 32.7 Å². The summed E-state index contributed by atoms with van der Waals surface area (Å²) in [5.74, 6) is 0. The van der Waals surface area contributed by atoms with Gasteiger partial charge < -0.3 is 10.2 Å². The zero-order chi connectivity index (χ0) is 19.5. The summed E-state index contributed by atoms with van der Waals surface area (Å²) < 4.78 is 1.90. The number of carbonyl (C=O) groups is 1. The van der Waals surface area contributed by atoms with Crippen molar-refractivity contribution in [1.82, 2.24) is 19.7 Å². The molecule has 0 saturated carbocycles. The predicted molar refractivity (Wildman–Crippen MR) is 110 cm³/mol. The van der Waals surface area contributed by atoms with Crippen LogP contribution in [0.4, 0.5) is 10.5 Å². The van der Waals surface area contributed by atoms with E-state index in [0.717, 1.165) is 48.4 Å². The smallest absolute Gasteiger partial charge is 0.319 e. The summed E-state index contributed by atoms with van der Waals surface area (Å²) in [5.41, 5.74) is 6.39. The number of amides is 2. The number of anilines is 1. The Bertz CT molecular complexity index is 963. The minimum Gasteiger partial charge on any atom is -0.319 e. The topological polar surface area (TPSA) is 63.1 Å². The summed E-state index contributed by atoms with van der Waals surface area (Å²) in [6.07, 6.45) is 6.42. The highest BCUT2D eigenvalue weighted by molar-refractivity contribution is 5.89. The lowest BCUT2D eigenvalue weighted by Gasteiger charge is -2.21. The predicted octanol–water partition coefficient (Wildman–Crippen LogP) is 4.02. The zero-order valence-electron chi connectivity index (χ0n) is 16.4. The molecule has 3 aromatic rings. The fraction of sp³-hybridized carbons (Fsp3) is 0.318. The molecular formula is C22H25N5O. The number of aromatic nitrogens is 3. The molecule has 1 aromatic carbocycles. The number of pyridine rings is 1. The van der Waals surface area contributed by atoms with E-state index in [9.17, 15) is 4.79 Å². The molecule has 4 rings (SSSR count). The molecule has 0 atom stereocenters. The first-order valence-corrected chi connectivity index (χ1v) is 9.75. The van der Waals surface area contributed by atoms with Crippen LogP contribution in [0.15, 0.2) is 48.8 Å². The molecule has 1 N–H and O–H groups in total. The van der Waals surface area contributed by atoms with E-state index in [2.05, 4.69) is 29.4 Å².